The largest absolute Gasteiger partial charge is 0.495 e. The number of aliphatic hydroxyl groups excluding tert-OH is 1. The lowest BCUT2D eigenvalue weighted by atomic mass is 10.0. The molecule has 0 aliphatic rings. The Bertz CT molecular complexity index is 692. The van der Waals surface area contributed by atoms with E-state index in [4.69, 9.17) is 27.9 Å². The summed E-state index contributed by atoms with van der Waals surface area (Å²) in [6.45, 7) is 0. The Balaban J connectivity index is 2.53. The molecule has 2 aromatic rings. The van der Waals surface area contributed by atoms with Crippen molar-refractivity contribution in [1.82, 2.24) is 0 Å². The maximum absolute atomic E-state index is 13.7. The Morgan fingerprint density at radius 1 is 1.00 bits per heavy atom. The summed E-state index contributed by atoms with van der Waals surface area (Å²) < 4.78 is 44.8. The van der Waals surface area contributed by atoms with Crippen LogP contribution in [-0.4, -0.2) is 12.2 Å². The first-order valence-corrected chi connectivity index (χ1v) is 6.46. The van der Waals surface area contributed by atoms with Crippen molar-refractivity contribution in [2.24, 2.45) is 0 Å². The van der Waals surface area contributed by atoms with Crippen molar-refractivity contribution in [2.45, 2.75) is 6.10 Å². The number of methoxy groups -OCH3 is 1. The van der Waals surface area contributed by atoms with Gasteiger partial charge >= 0.3 is 0 Å². The van der Waals surface area contributed by atoms with E-state index in [1.54, 1.807) is 0 Å². The highest BCUT2D eigenvalue weighted by molar-refractivity contribution is 6.34. The van der Waals surface area contributed by atoms with Crippen LogP contribution < -0.4 is 4.74 Å². The summed E-state index contributed by atoms with van der Waals surface area (Å²) in [6, 6.07) is 4.26. The maximum Gasteiger partial charge on any atom is 0.194 e. The van der Waals surface area contributed by atoms with Gasteiger partial charge in [0.1, 0.15) is 11.9 Å². The molecular weight excluding hydrogens is 328 g/mol. The van der Waals surface area contributed by atoms with Crippen molar-refractivity contribution in [3.8, 4) is 5.75 Å². The molecule has 2 rings (SSSR count). The monoisotopic (exact) mass is 336 g/mol. The van der Waals surface area contributed by atoms with Crippen LogP contribution in [0.2, 0.25) is 10.0 Å². The number of hydrogen-bond acceptors (Lipinski definition) is 2. The number of halogens is 5. The Labute approximate surface area is 128 Å². The van der Waals surface area contributed by atoms with Crippen molar-refractivity contribution in [3.63, 3.8) is 0 Å². The summed E-state index contributed by atoms with van der Waals surface area (Å²) in [4.78, 5) is 0. The van der Waals surface area contributed by atoms with Crippen molar-refractivity contribution < 1.29 is 23.0 Å². The first kappa shape index (κ1) is 15.9. The topological polar surface area (TPSA) is 29.5 Å². The van der Waals surface area contributed by atoms with E-state index < -0.39 is 29.1 Å². The van der Waals surface area contributed by atoms with Crippen LogP contribution >= 0.6 is 23.2 Å². The minimum absolute atomic E-state index is 0.0485. The van der Waals surface area contributed by atoms with E-state index in [0.717, 1.165) is 12.1 Å². The summed E-state index contributed by atoms with van der Waals surface area (Å²) >= 11 is 11.9. The molecule has 0 radical (unpaired) electrons. The van der Waals surface area contributed by atoms with Crippen LogP contribution in [-0.2, 0) is 0 Å². The Morgan fingerprint density at radius 2 is 1.67 bits per heavy atom. The van der Waals surface area contributed by atoms with E-state index in [2.05, 4.69) is 0 Å². The van der Waals surface area contributed by atoms with Crippen molar-refractivity contribution in [3.05, 3.63) is 62.9 Å². The van der Waals surface area contributed by atoms with Crippen LogP contribution in [0, 0.1) is 17.5 Å². The first-order valence-electron chi connectivity index (χ1n) is 5.71. The molecule has 0 aliphatic heterocycles. The van der Waals surface area contributed by atoms with Gasteiger partial charge in [-0.15, -0.1) is 0 Å². The van der Waals surface area contributed by atoms with Crippen LogP contribution in [0.1, 0.15) is 17.2 Å². The van der Waals surface area contributed by atoms with Gasteiger partial charge in [-0.1, -0.05) is 29.3 Å². The lowest BCUT2D eigenvalue weighted by Crippen LogP contribution is -2.06. The van der Waals surface area contributed by atoms with Gasteiger partial charge in [-0.05, 0) is 12.1 Å². The highest BCUT2D eigenvalue weighted by Crippen LogP contribution is 2.37. The van der Waals surface area contributed by atoms with Crippen LogP contribution in [0.5, 0.6) is 5.75 Å². The number of ether oxygens (including phenoxy) is 1. The fourth-order valence-corrected chi connectivity index (χ4v) is 2.34. The molecule has 7 heteroatoms. The third kappa shape index (κ3) is 2.95. The average molecular weight is 337 g/mol. The van der Waals surface area contributed by atoms with Gasteiger partial charge in [0, 0.05) is 17.2 Å². The maximum atomic E-state index is 13.7. The molecule has 0 fully saturated rings. The fraction of sp³-hybridized carbons (Fsp3) is 0.143. The highest BCUT2D eigenvalue weighted by atomic mass is 35.5. The minimum atomic E-state index is -1.66. The van der Waals surface area contributed by atoms with E-state index in [-0.39, 0.29) is 21.4 Å². The van der Waals surface area contributed by atoms with Crippen molar-refractivity contribution >= 4 is 23.2 Å². The first-order chi connectivity index (χ1) is 9.86. The fourth-order valence-electron chi connectivity index (χ4n) is 1.83. The molecule has 0 aromatic heterocycles. The van der Waals surface area contributed by atoms with Gasteiger partial charge in [0.2, 0.25) is 0 Å². The molecule has 0 heterocycles. The molecule has 21 heavy (non-hydrogen) atoms. The van der Waals surface area contributed by atoms with Gasteiger partial charge in [0.15, 0.2) is 17.5 Å². The van der Waals surface area contributed by atoms with Gasteiger partial charge in [0.05, 0.1) is 17.2 Å². The SMILES string of the molecule is COc1cc(Cl)c(C(O)c2ccc(F)c(F)c2F)cc1Cl. The van der Waals surface area contributed by atoms with E-state index in [9.17, 15) is 18.3 Å². The molecule has 112 valence electrons. The third-order valence-corrected chi connectivity index (χ3v) is 3.55. The number of aliphatic hydroxyl groups is 1. The van der Waals surface area contributed by atoms with Crippen molar-refractivity contribution in [1.29, 1.82) is 0 Å². The molecule has 1 N–H and O–H groups in total. The zero-order valence-electron chi connectivity index (χ0n) is 10.6. The summed E-state index contributed by atoms with van der Waals surface area (Å²) in [6.07, 6.45) is -1.60. The summed E-state index contributed by atoms with van der Waals surface area (Å²) in [5.74, 6) is -4.22. The molecule has 0 aliphatic carbocycles. The van der Waals surface area contributed by atoms with Gasteiger partial charge in [0.25, 0.3) is 0 Å². The number of hydrogen-bond donors (Lipinski definition) is 1. The Hall–Kier alpha value is -1.43. The zero-order valence-corrected chi connectivity index (χ0v) is 12.1. The lowest BCUT2D eigenvalue weighted by Gasteiger charge is -2.16. The van der Waals surface area contributed by atoms with Crippen molar-refractivity contribution in [2.75, 3.05) is 7.11 Å². The molecule has 1 unspecified atom stereocenters. The van der Waals surface area contributed by atoms with Gasteiger partial charge in [-0.3, -0.25) is 0 Å². The van der Waals surface area contributed by atoms with Crippen LogP contribution in [0.4, 0.5) is 13.2 Å². The molecule has 2 aromatic carbocycles. The smallest absolute Gasteiger partial charge is 0.194 e. The number of benzene rings is 2. The predicted octanol–water partition coefficient (Wildman–Crippen LogP) is 4.50. The Kier molecular flexibility index (Phi) is 4.66. The summed E-state index contributed by atoms with van der Waals surface area (Å²) in [5, 5.41) is 10.3. The molecule has 0 bridgehead atoms. The predicted molar refractivity (Wildman–Crippen MR) is 73.4 cm³/mol. The Morgan fingerprint density at radius 3 is 2.29 bits per heavy atom. The summed E-state index contributed by atoms with van der Waals surface area (Å²) in [7, 11) is 1.38. The standard InChI is InChI=1S/C14H9Cl2F3O2/c1-21-11-5-8(15)7(4-9(11)16)14(20)6-2-3-10(17)13(19)12(6)18/h2-5,14,20H,1H3. The van der Waals surface area contributed by atoms with Gasteiger partial charge in [-0.2, -0.15) is 0 Å². The molecule has 2 nitrogen and oxygen atoms in total. The van der Waals surface area contributed by atoms with E-state index in [1.165, 1.54) is 19.2 Å². The van der Waals surface area contributed by atoms with E-state index in [1.807, 2.05) is 0 Å². The second kappa shape index (κ2) is 6.13. The lowest BCUT2D eigenvalue weighted by molar-refractivity contribution is 0.212. The molecule has 1 atom stereocenters. The molecule has 0 spiro atoms. The normalized spacial score (nSPS) is 12.3. The number of rotatable bonds is 3. The van der Waals surface area contributed by atoms with Gasteiger partial charge < -0.3 is 9.84 Å². The van der Waals surface area contributed by atoms with Crippen LogP contribution in [0.25, 0.3) is 0 Å². The highest BCUT2D eigenvalue weighted by Gasteiger charge is 2.23. The van der Waals surface area contributed by atoms with E-state index in [0.29, 0.717) is 0 Å². The molecule has 0 saturated carbocycles. The van der Waals surface area contributed by atoms with E-state index >= 15 is 0 Å². The average Bonchev–Trinajstić information content (AvgIpc) is 2.46. The summed E-state index contributed by atoms with van der Waals surface area (Å²) in [5.41, 5.74) is -0.399. The molecule has 0 saturated heterocycles. The van der Waals surface area contributed by atoms with Crippen LogP contribution in [0.3, 0.4) is 0 Å². The third-order valence-electron chi connectivity index (χ3n) is 2.93. The molecule has 0 amide bonds. The second-order valence-corrected chi connectivity index (χ2v) is 4.99. The quantitative estimate of drug-likeness (QED) is 0.836. The zero-order chi connectivity index (χ0) is 15.7. The van der Waals surface area contributed by atoms with Crippen LogP contribution in [0.15, 0.2) is 24.3 Å². The minimum Gasteiger partial charge on any atom is -0.495 e. The van der Waals surface area contributed by atoms with Gasteiger partial charge in [-0.25, -0.2) is 13.2 Å². The second-order valence-electron chi connectivity index (χ2n) is 4.18. The molecular formula is C14H9Cl2F3O2.